The van der Waals surface area contributed by atoms with E-state index in [-0.39, 0.29) is 5.56 Å². The van der Waals surface area contributed by atoms with Crippen LogP contribution in [-0.2, 0) is 18.7 Å². The number of halogens is 1. The molecule has 0 amide bonds. The lowest BCUT2D eigenvalue weighted by Crippen LogP contribution is -2.24. The van der Waals surface area contributed by atoms with Crippen molar-refractivity contribution in [2.45, 2.75) is 35.7 Å². The molecule has 1 aromatic heterocycles. The molecule has 0 atom stereocenters. The Kier molecular flexibility index (Phi) is 4.62. The summed E-state index contributed by atoms with van der Waals surface area (Å²) in [5.74, 6) is 1.75. The second-order valence-corrected chi connectivity index (χ2v) is 7.22. The van der Waals surface area contributed by atoms with E-state index >= 15 is 0 Å². The van der Waals surface area contributed by atoms with Gasteiger partial charge in [-0.1, -0.05) is 35.5 Å². The summed E-state index contributed by atoms with van der Waals surface area (Å²) in [6.07, 6.45) is 0.897. The van der Waals surface area contributed by atoms with Gasteiger partial charge in [0.05, 0.1) is 10.6 Å². The standard InChI is InChI=1S/C15H15ClN2OS2/c1-2-18-14(19)13-12(7-8-20-13)17-15(18)21-9-10-3-5-11(16)6-4-10/h3-6H,2,7-9H2,1H3. The summed E-state index contributed by atoms with van der Waals surface area (Å²) in [5.41, 5.74) is 2.26. The molecule has 1 aliphatic heterocycles. The topological polar surface area (TPSA) is 34.9 Å². The van der Waals surface area contributed by atoms with E-state index < -0.39 is 0 Å². The minimum atomic E-state index is 0.114. The fourth-order valence-corrected chi connectivity index (χ4v) is 4.45. The van der Waals surface area contributed by atoms with Gasteiger partial charge in [0.2, 0.25) is 0 Å². The minimum absolute atomic E-state index is 0.114. The number of fused-ring (bicyclic) bond motifs is 1. The van der Waals surface area contributed by atoms with Crippen LogP contribution in [0.5, 0.6) is 0 Å². The fourth-order valence-electron chi connectivity index (χ4n) is 2.24. The number of benzene rings is 1. The van der Waals surface area contributed by atoms with Crippen LogP contribution in [0.25, 0.3) is 0 Å². The van der Waals surface area contributed by atoms with Gasteiger partial charge in [-0.25, -0.2) is 4.98 Å². The van der Waals surface area contributed by atoms with Crippen molar-refractivity contribution in [1.29, 1.82) is 0 Å². The molecule has 3 nitrogen and oxygen atoms in total. The van der Waals surface area contributed by atoms with Crippen molar-refractivity contribution in [1.82, 2.24) is 9.55 Å². The van der Waals surface area contributed by atoms with E-state index in [1.165, 1.54) is 5.56 Å². The highest BCUT2D eigenvalue weighted by molar-refractivity contribution is 7.99. The van der Waals surface area contributed by atoms with Crippen LogP contribution in [0.2, 0.25) is 5.02 Å². The Morgan fingerprint density at radius 1 is 1.38 bits per heavy atom. The molecule has 1 aliphatic rings. The summed E-state index contributed by atoms with van der Waals surface area (Å²) in [4.78, 5) is 18.0. The number of hydrogen-bond acceptors (Lipinski definition) is 4. The van der Waals surface area contributed by atoms with E-state index in [1.807, 2.05) is 31.2 Å². The van der Waals surface area contributed by atoms with Gasteiger partial charge in [0.15, 0.2) is 5.16 Å². The number of thioether (sulfide) groups is 2. The van der Waals surface area contributed by atoms with Crippen LogP contribution in [0.1, 0.15) is 18.2 Å². The van der Waals surface area contributed by atoms with E-state index in [0.717, 1.165) is 38.7 Å². The Hall–Kier alpha value is -0.910. The lowest BCUT2D eigenvalue weighted by molar-refractivity contribution is 0.597. The first-order valence-corrected chi connectivity index (χ1v) is 9.17. The van der Waals surface area contributed by atoms with Crippen molar-refractivity contribution in [2.24, 2.45) is 0 Å². The Labute approximate surface area is 137 Å². The van der Waals surface area contributed by atoms with E-state index in [2.05, 4.69) is 0 Å². The van der Waals surface area contributed by atoms with Crippen molar-refractivity contribution in [3.63, 3.8) is 0 Å². The smallest absolute Gasteiger partial charge is 0.268 e. The van der Waals surface area contributed by atoms with Crippen LogP contribution < -0.4 is 5.56 Å². The predicted octanol–water partition coefficient (Wildman–Crippen LogP) is 3.86. The first-order valence-electron chi connectivity index (χ1n) is 6.82. The molecule has 0 saturated carbocycles. The van der Waals surface area contributed by atoms with Gasteiger partial charge in [-0.3, -0.25) is 9.36 Å². The maximum Gasteiger partial charge on any atom is 0.268 e. The Bertz CT molecular complexity index is 713. The largest absolute Gasteiger partial charge is 0.287 e. The summed E-state index contributed by atoms with van der Waals surface area (Å²) in [6.45, 7) is 2.64. The molecule has 2 aromatic rings. The number of hydrogen-bond donors (Lipinski definition) is 0. The molecule has 0 bridgehead atoms. The van der Waals surface area contributed by atoms with Crippen molar-refractivity contribution >= 4 is 35.1 Å². The summed E-state index contributed by atoms with van der Waals surface area (Å²) in [5, 5.41) is 1.56. The van der Waals surface area contributed by atoms with Crippen molar-refractivity contribution in [3.8, 4) is 0 Å². The van der Waals surface area contributed by atoms with Crippen LogP contribution in [-0.4, -0.2) is 15.3 Å². The molecule has 2 heterocycles. The number of aromatic nitrogens is 2. The lowest BCUT2D eigenvalue weighted by Gasteiger charge is -2.11. The van der Waals surface area contributed by atoms with Crippen LogP contribution in [0.15, 0.2) is 39.1 Å². The molecular formula is C15H15ClN2OS2. The third-order valence-electron chi connectivity index (χ3n) is 3.35. The van der Waals surface area contributed by atoms with Crippen LogP contribution >= 0.6 is 35.1 Å². The van der Waals surface area contributed by atoms with Gasteiger partial charge in [0, 0.05) is 29.5 Å². The number of nitrogens with zero attached hydrogens (tertiary/aromatic N) is 2. The highest BCUT2D eigenvalue weighted by atomic mass is 35.5. The molecule has 0 spiro atoms. The molecule has 1 aromatic carbocycles. The number of aryl methyl sites for hydroxylation is 1. The van der Waals surface area contributed by atoms with E-state index in [0.29, 0.717) is 6.54 Å². The minimum Gasteiger partial charge on any atom is -0.287 e. The maximum absolute atomic E-state index is 12.4. The monoisotopic (exact) mass is 338 g/mol. The summed E-state index contributed by atoms with van der Waals surface area (Å²) >= 11 is 9.13. The molecule has 110 valence electrons. The molecule has 21 heavy (non-hydrogen) atoms. The second-order valence-electron chi connectivity index (χ2n) is 4.73. The molecular weight excluding hydrogens is 324 g/mol. The van der Waals surface area contributed by atoms with Crippen LogP contribution in [0, 0.1) is 0 Å². The van der Waals surface area contributed by atoms with Gasteiger partial charge in [0.25, 0.3) is 5.56 Å². The molecule has 0 radical (unpaired) electrons. The van der Waals surface area contributed by atoms with Crippen molar-refractivity contribution < 1.29 is 0 Å². The predicted molar refractivity (Wildman–Crippen MR) is 89.6 cm³/mol. The third-order valence-corrected chi connectivity index (χ3v) is 5.75. The molecule has 0 saturated heterocycles. The normalized spacial score (nSPS) is 13.4. The Morgan fingerprint density at radius 2 is 2.14 bits per heavy atom. The fraction of sp³-hybridized carbons (Fsp3) is 0.333. The molecule has 0 N–H and O–H groups in total. The second kappa shape index (κ2) is 6.46. The van der Waals surface area contributed by atoms with E-state index in [4.69, 9.17) is 16.6 Å². The Balaban J connectivity index is 1.86. The van der Waals surface area contributed by atoms with Gasteiger partial charge >= 0.3 is 0 Å². The average molecular weight is 339 g/mol. The van der Waals surface area contributed by atoms with E-state index in [9.17, 15) is 4.79 Å². The third kappa shape index (κ3) is 3.15. The molecule has 3 rings (SSSR count). The van der Waals surface area contributed by atoms with Gasteiger partial charge in [0.1, 0.15) is 0 Å². The van der Waals surface area contributed by atoms with Crippen molar-refractivity contribution in [3.05, 3.63) is 50.9 Å². The SMILES string of the molecule is CCn1c(SCc2ccc(Cl)cc2)nc2c(c1=O)SCC2. The zero-order valence-electron chi connectivity index (χ0n) is 11.6. The van der Waals surface area contributed by atoms with Crippen LogP contribution in [0.4, 0.5) is 0 Å². The van der Waals surface area contributed by atoms with E-state index in [1.54, 1.807) is 28.1 Å². The zero-order chi connectivity index (χ0) is 14.8. The maximum atomic E-state index is 12.4. The highest BCUT2D eigenvalue weighted by Gasteiger charge is 2.21. The highest BCUT2D eigenvalue weighted by Crippen LogP contribution is 2.29. The van der Waals surface area contributed by atoms with Gasteiger partial charge in [-0.15, -0.1) is 11.8 Å². The number of rotatable bonds is 4. The molecule has 0 aliphatic carbocycles. The first-order chi connectivity index (χ1) is 10.2. The summed E-state index contributed by atoms with van der Waals surface area (Å²) in [6, 6.07) is 7.79. The van der Waals surface area contributed by atoms with Gasteiger partial charge < -0.3 is 0 Å². The van der Waals surface area contributed by atoms with Gasteiger partial charge in [-0.05, 0) is 24.6 Å². The average Bonchev–Trinajstić information content (AvgIpc) is 2.95. The molecule has 0 unspecified atom stereocenters. The van der Waals surface area contributed by atoms with Crippen molar-refractivity contribution in [2.75, 3.05) is 5.75 Å². The summed E-state index contributed by atoms with van der Waals surface area (Å²) in [7, 11) is 0. The Morgan fingerprint density at radius 3 is 2.86 bits per heavy atom. The lowest BCUT2D eigenvalue weighted by atomic mass is 10.2. The van der Waals surface area contributed by atoms with Gasteiger partial charge in [-0.2, -0.15) is 0 Å². The molecule has 6 heteroatoms. The zero-order valence-corrected chi connectivity index (χ0v) is 14.0. The summed E-state index contributed by atoms with van der Waals surface area (Å²) < 4.78 is 1.78. The van der Waals surface area contributed by atoms with Crippen LogP contribution in [0.3, 0.4) is 0 Å². The quantitative estimate of drug-likeness (QED) is 0.626. The molecule has 0 fully saturated rings. The first kappa shape index (κ1) is 15.0.